The molecule has 0 unspecified atom stereocenters. The van der Waals surface area contributed by atoms with Crippen LogP contribution in [-0.2, 0) is 16.0 Å². The highest BCUT2D eigenvalue weighted by atomic mass is 19.1. The van der Waals surface area contributed by atoms with E-state index in [2.05, 4.69) is 5.32 Å². The first kappa shape index (κ1) is 34.3. The van der Waals surface area contributed by atoms with Crippen LogP contribution < -0.4 is 10.1 Å². The Hall–Kier alpha value is -2.55. The first-order valence-electron chi connectivity index (χ1n) is 15.7. The Morgan fingerprint density at radius 1 is 1.05 bits per heavy atom. The van der Waals surface area contributed by atoms with E-state index in [-0.39, 0.29) is 36.5 Å². The number of aliphatic hydroxyl groups is 5. The van der Waals surface area contributed by atoms with Crippen LogP contribution in [-0.4, -0.2) is 130 Å². The first-order chi connectivity index (χ1) is 21.0. The lowest BCUT2D eigenvalue weighted by atomic mass is 9.92. The number of carbonyl (C=O) groups excluding carboxylic acids is 2. The summed E-state index contributed by atoms with van der Waals surface area (Å²) in [7, 11) is 0. The van der Waals surface area contributed by atoms with E-state index in [0.29, 0.717) is 56.6 Å². The SMILES string of the molecule is CC1(OC(=O)N2CCC(CCCOc3ccc(CC(=O)N4CC(CNC[C@H](O)[C@@H](O)[C@H](O)[C@H](O)CO)C4)c(F)c3)CC2)CC1. The highest BCUT2D eigenvalue weighted by Gasteiger charge is 2.43. The fourth-order valence-electron chi connectivity index (χ4n) is 5.58. The zero-order chi connectivity index (χ0) is 31.9. The second-order valence-electron chi connectivity index (χ2n) is 12.8. The smallest absolute Gasteiger partial charge is 0.410 e. The molecule has 1 saturated carbocycles. The van der Waals surface area contributed by atoms with E-state index >= 15 is 0 Å². The van der Waals surface area contributed by atoms with Crippen LogP contribution in [0.5, 0.6) is 5.75 Å². The Balaban J connectivity index is 1.07. The van der Waals surface area contributed by atoms with Gasteiger partial charge in [-0.3, -0.25) is 4.79 Å². The van der Waals surface area contributed by atoms with Gasteiger partial charge in [0.1, 0.15) is 35.5 Å². The molecule has 12 nitrogen and oxygen atoms in total. The maximum atomic E-state index is 14.7. The van der Waals surface area contributed by atoms with Crippen molar-refractivity contribution in [1.82, 2.24) is 15.1 Å². The number of halogens is 1. The average molecular weight is 626 g/mol. The third kappa shape index (κ3) is 9.72. The molecule has 2 saturated heterocycles. The van der Waals surface area contributed by atoms with Crippen molar-refractivity contribution >= 4 is 12.0 Å². The number of rotatable bonds is 16. The van der Waals surface area contributed by atoms with Gasteiger partial charge in [-0.25, -0.2) is 9.18 Å². The third-order valence-corrected chi connectivity index (χ3v) is 8.97. The summed E-state index contributed by atoms with van der Waals surface area (Å²) in [4.78, 5) is 28.3. The van der Waals surface area contributed by atoms with E-state index in [0.717, 1.165) is 38.5 Å². The lowest BCUT2D eigenvalue weighted by molar-refractivity contribution is -0.136. The monoisotopic (exact) mass is 625 g/mol. The van der Waals surface area contributed by atoms with Gasteiger partial charge in [-0.2, -0.15) is 0 Å². The van der Waals surface area contributed by atoms with E-state index in [1.165, 1.54) is 6.07 Å². The van der Waals surface area contributed by atoms with Gasteiger partial charge in [0.05, 0.1) is 25.7 Å². The van der Waals surface area contributed by atoms with Gasteiger partial charge in [-0.15, -0.1) is 0 Å². The molecule has 2 heterocycles. The Kier molecular flexibility index (Phi) is 12.2. The maximum absolute atomic E-state index is 14.7. The molecule has 0 bridgehead atoms. The molecule has 2 aliphatic heterocycles. The first-order valence-corrected chi connectivity index (χ1v) is 15.7. The van der Waals surface area contributed by atoms with Crippen molar-refractivity contribution in [2.75, 3.05) is 52.5 Å². The lowest BCUT2D eigenvalue weighted by Crippen LogP contribution is -2.55. The normalized spacial score (nSPS) is 21.2. The van der Waals surface area contributed by atoms with Crippen LogP contribution in [0.4, 0.5) is 9.18 Å². The van der Waals surface area contributed by atoms with Crippen molar-refractivity contribution in [3.8, 4) is 5.75 Å². The lowest BCUT2D eigenvalue weighted by Gasteiger charge is -2.39. The van der Waals surface area contributed by atoms with Gasteiger partial charge in [0.15, 0.2) is 0 Å². The molecular weight excluding hydrogens is 577 g/mol. The average Bonchev–Trinajstić information content (AvgIpc) is 3.72. The molecule has 3 fully saturated rings. The molecule has 0 radical (unpaired) electrons. The fraction of sp³-hybridized carbons (Fsp3) is 0.742. The number of piperidine rings is 1. The second-order valence-corrected chi connectivity index (χ2v) is 12.8. The molecule has 1 aromatic rings. The Bertz CT molecular complexity index is 1090. The minimum absolute atomic E-state index is 0.0443. The summed E-state index contributed by atoms with van der Waals surface area (Å²) in [5, 5.41) is 50.7. The Labute approximate surface area is 257 Å². The predicted molar refractivity (Wildman–Crippen MR) is 157 cm³/mol. The molecule has 3 aliphatic rings. The summed E-state index contributed by atoms with van der Waals surface area (Å²) < 4.78 is 26.0. The zero-order valence-corrected chi connectivity index (χ0v) is 25.4. The number of hydrogen-bond acceptors (Lipinski definition) is 10. The van der Waals surface area contributed by atoms with Gasteiger partial charge in [-0.1, -0.05) is 6.07 Å². The molecule has 2 amide bonds. The number of benzene rings is 1. The topological polar surface area (TPSA) is 172 Å². The number of nitrogens with zero attached hydrogens (tertiary/aromatic N) is 2. The molecule has 248 valence electrons. The Morgan fingerprint density at radius 3 is 2.36 bits per heavy atom. The summed E-state index contributed by atoms with van der Waals surface area (Å²) in [6, 6.07) is 4.56. The summed E-state index contributed by atoms with van der Waals surface area (Å²) in [6.45, 7) is 4.47. The van der Waals surface area contributed by atoms with Gasteiger partial charge in [0, 0.05) is 51.3 Å². The largest absolute Gasteiger partial charge is 0.493 e. The number of amides is 2. The quantitative estimate of drug-likeness (QED) is 0.141. The molecular formula is C31H48FN3O9. The van der Waals surface area contributed by atoms with Crippen LogP contribution in [0.2, 0.25) is 0 Å². The van der Waals surface area contributed by atoms with E-state index in [1.807, 2.05) is 6.92 Å². The van der Waals surface area contributed by atoms with E-state index in [1.54, 1.807) is 21.9 Å². The van der Waals surface area contributed by atoms with Crippen LogP contribution in [0.3, 0.4) is 0 Å². The van der Waals surface area contributed by atoms with Gasteiger partial charge >= 0.3 is 6.09 Å². The van der Waals surface area contributed by atoms with Crippen LogP contribution in [0.25, 0.3) is 0 Å². The summed E-state index contributed by atoms with van der Waals surface area (Å²) in [5.74, 6) is 0.385. The van der Waals surface area contributed by atoms with Crippen molar-refractivity contribution in [1.29, 1.82) is 0 Å². The highest BCUT2D eigenvalue weighted by molar-refractivity contribution is 5.79. The molecule has 4 rings (SSSR count). The second kappa shape index (κ2) is 15.6. The zero-order valence-electron chi connectivity index (χ0n) is 25.4. The van der Waals surface area contributed by atoms with Crippen molar-refractivity contribution < 1.29 is 49.0 Å². The highest BCUT2D eigenvalue weighted by Crippen LogP contribution is 2.39. The molecule has 0 spiro atoms. The Morgan fingerprint density at radius 2 is 1.73 bits per heavy atom. The molecule has 13 heteroatoms. The van der Waals surface area contributed by atoms with Crippen LogP contribution in [0.15, 0.2) is 18.2 Å². The summed E-state index contributed by atoms with van der Waals surface area (Å²) >= 11 is 0. The third-order valence-electron chi connectivity index (χ3n) is 8.97. The minimum Gasteiger partial charge on any atom is -0.493 e. The van der Waals surface area contributed by atoms with E-state index < -0.39 is 36.8 Å². The fourth-order valence-corrected chi connectivity index (χ4v) is 5.58. The standard InChI is InChI=1S/C31H48FN3O9/c1-31(8-9-31)44-30(42)34-10-6-20(7-11-34)3-2-12-43-23-5-4-22(24(32)14-23)13-27(39)35-17-21(18-35)15-33-16-25(37)28(40)29(41)26(38)19-36/h4-5,14,20-21,25-26,28-29,33,36-38,40-41H,2-3,6-13,15-19H2,1H3/t25-,26+,28+,29+/m0/s1. The van der Waals surface area contributed by atoms with Crippen molar-refractivity contribution in [3.63, 3.8) is 0 Å². The number of nitrogens with one attached hydrogen (secondary N) is 1. The molecule has 0 aromatic heterocycles. The van der Waals surface area contributed by atoms with E-state index in [4.69, 9.17) is 14.6 Å². The van der Waals surface area contributed by atoms with Crippen molar-refractivity contribution in [2.45, 2.75) is 81.9 Å². The summed E-state index contributed by atoms with van der Waals surface area (Å²) in [5.41, 5.74) is 0.0447. The van der Waals surface area contributed by atoms with Crippen LogP contribution in [0.1, 0.15) is 51.0 Å². The molecule has 6 N–H and O–H groups in total. The molecule has 1 aromatic carbocycles. The predicted octanol–water partition coefficient (Wildman–Crippen LogP) is 0.412. The number of ether oxygens (including phenoxy) is 2. The molecule has 4 atom stereocenters. The van der Waals surface area contributed by atoms with Gasteiger partial charge in [0.2, 0.25) is 5.91 Å². The van der Waals surface area contributed by atoms with Gasteiger partial charge in [0.25, 0.3) is 0 Å². The number of aliphatic hydroxyl groups excluding tert-OH is 5. The summed E-state index contributed by atoms with van der Waals surface area (Å²) in [6.07, 6.45) is -0.910. The van der Waals surface area contributed by atoms with E-state index in [9.17, 15) is 34.4 Å². The maximum Gasteiger partial charge on any atom is 0.410 e. The minimum atomic E-state index is -1.68. The van der Waals surface area contributed by atoms with Crippen molar-refractivity contribution in [3.05, 3.63) is 29.6 Å². The van der Waals surface area contributed by atoms with Crippen LogP contribution in [0, 0.1) is 17.7 Å². The number of carbonyl (C=O) groups is 2. The number of hydrogen-bond donors (Lipinski definition) is 6. The van der Waals surface area contributed by atoms with Crippen molar-refractivity contribution in [2.24, 2.45) is 11.8 Å². The van der Waals surface area contributed by atoms with Gasteiger partial charge < -0.3 is 50.1 Å². The van der Waals surface area contributed by atoms with Crippen LogP contribution >= 0.6 is 0 Å². The molecule has 1 aliphatic carbocycles. The molecule has 44 heavy (non-hydrogen) atoms. The number of likely N-dealkylation sites (tertiary alicyclic amines) is 2. The van der Waals surface area contributed by atoms with Gasteiger partial charge in [-0.05, 0) is 63.0 Å².